The maximum atomic E-state index is 14.1. The summed E-state index contributed by atoms with van der Waals surface area (Å²) in [5, 5.41) is 0. The zero-order valence-electron chi connectivity index (χ0n) is 11.3. The lowest BCUT2D eigenvalue weighted by atomic mass is 10.1. The molecule has 0 fully saturated rings. The largest absolute Gasteiger partial charge is 0.485 e. The van der Waals surface area contributed by atoms with Crippen molar-refractivity contribution in [3.8, 4) is 5.75 Å². The summed E-state index contributed by atoms with van der Waals surface area (Å²) in [5.41, 5.74) is 7.58. The van der Waals surface area contributed by atoms with Crippen LogP contribution in [0.1, 0.15) is 18.1 Å². The monoisotopic (exact) mass is 337 g/mol. The molecule has 0 radical (unpaired) electrons. The van der Waals surface area contributed by atoms with Crippen LogP contribution in [0.3, 0.4) is 0 Å². The third-order valence-corrected chi connectivity index (χ3v) is 3.43. The highest BCUT2D eigenvalue weighted by atomic mass is 79.9. The first-order valence-electron chi connectivity index (χ1n) is 6.46. The number of benzene rings is 2. The Morgan fingerprint density at radius 1 is 1.20 bits per heavy atom. The molecule has 2 aromatic carbocycles. The number of rotatable bonds is 5. The Kier molecular flexibility index (Phi) is 5.15. The van der Waals surface area contributed by atoms with Gasteiger partial charge in [0.1, 0.15) is 6.61 Å². The van der Waals surface area contributed by atoms with Crippen molar-refractivity contribution in [3.63, 3.8) is 0 Å². The minimum atomic E-state index is -0.369. The molecule has 0 amide bonds. The van der Waals surface area contributed by atoms with Crippen molar-refractivity contribution in [1.82, 2.24) is 0 Å². The third kappa shape index (κ3) is 4.05. The van der Waals surface area contributed by atoms with Crippen LogP contribution in [0, 0.1) is 5.82 Å². The molecule has 0 aliphatic heterocycles. The molecule has 0 saturated carbocycles. The Morgan fingerprint density at radius 2 is 1.90 bits per heavy atom. The molecule has 20 heavy (non-hydrogen) atoms. The highest BCUT2D eigenvalue weighted by Crippen LogP contribution is 2.30. The van der Waals surface area contributed by atoms with Gasteiger partial charge in [0.05, 0.1) is 4.47 Å². The van der Waals surface area contributed by atoms with Crippen molar-refractivity contribution in [2.24, 2.45) is 5.73 Å². The van der Waals surface area contributed by atoms with Gasteiger partial charge in [-0.25, -0.2) is 4.39 Å². The van der Waals surface area contributed by atoms with Gasteiger partial charge in [0.25, 0.3) is 0 Å². The molecule has 2 aromatic rings. The summed E-state index contributed by atoms with van der Waals surface area (Å²) >= 11 is 3.36. The molecular weight excluding hydrogens is 321 g/mol. The first kappa shape index (κ1) is 15.0. The van der Waals surface area contributed by atoms with E-state index in [1.807, 2.05) is 43.3 Å². The van der Waals surface area contributed by atoms with Gasteiger partial charge in [-0.2, -0.15) is 0 Å². The lowest BCUT2D eigenvalue weighted by molar-refractivity contribution is 0.288. The fourth-order valence-corrected chi connectivity index (χ4v) is 2.57. The van der Waals surface area contributed by atoms with Gasteiger partial charge in [-0.05, 0) is 52.5 Å². The van der Waals surface area contributed by atoms with Crippen LogP contribution in [0.15, 0.2) is 46.9 Å². The standard InChI is InChI=1S/C16H17BrFNO/c1-11(19)7-13-8-14(17)16(15(18)9-13)20-10-12-5-3-2-4-6-12/h2-6,8-9,11H,7,10,19H2,1H3. The topological polar surface area (TPSA) is 35.2 Å². The number of nitrogens with two attached hydrogens (primary N) is 1. The van der Waals surface area contributed by atoms with Crippen LogP contribution >= 0.6 is 15.9 Å². The molecule has 0 aliphatic rings. The Morgan fingerprint density at radius 3 is 2.50 bits per heavy atom. The predicted octanol–water partition coefficient (Wildman–Crippen LogP) is 4.06. The number of hydrogen-bond donors (Lipinski definition) is 1. The summed E-state index contributed by atoms with van der Waals surface area (Å²) in [4.78, 5) is 0. The van der Waals surface area contributed by atoms with E-state index in [2.05, 4.69) is 15.9 Å². The molecule has 1 atom stereocenters. The van der Waals surface area contributed by atoms with Gasteiger partial charge < -0.3 is 10.5 Å². The molecule has 2 N–H and O–H groups in total. The summed E-state index contributed by atoms with van der Waals surface area (Å²) in [6.07, 6.45) is 0.633. The third-order valence-electron chi connectivity index (χ3n) is 2.84. The zero-order chi connectivity index (χ0) is 14.5. The average Bonchev–Trinajstić information content (AvgIpc) is 2.38. The normalized spacial score (nSPS) is 12.2. The van der Waals surface area contributed by atoms with Crippen LogP contribution in [0.4, 0.5) is 4.39 Å². The molecule has 0 aliphatic carbocycles. The SMILES string of the molecule is CC(N)Cc1cc(F)c(OCc2ccccc2)c(Br)c1. The second-order valence-corrected chi connectivity index (χ2v) is 5.70. The molecule has 2 nitrogen and oxygen atoms in total. The van der Waals surface area contributed by atoms with Gasteiger partial charge >= 0.3 is 0 Å². The molecule has 2 rings (SSSR count). The maximum Gasteiger partial charge on any atom is 0.169 e. The van der Waals surface area contributed by atoms with Crippen molar-refractivity contribution < 1.29 is 9.13 Å². The van der Waals surface area contributed by atoms with Crippen LogP contribution in [0.25, 0.3) is 0 Å². The Labute approximate surface area is 126 Å². The van der Waals surface area contributed by atoms with Crippen molar-refractivity contribution in [2.75, 3.05) is 0 Å². The minimum absolute atomic E-state index is 0.00242. The lowest BCUT2D eigenvalue weighted by Crippen LogP contribution is -2.17. The predicted molar refractivity (Wildman–Crippen MR) is 82.2 cm³/mol. The van der Waals surface area contributed by atoms with Crippen LogP contribution < -0.4 is 10.5 Å². The fourth-order valence-electron chi connectivity index (χ4n) is 1.97. The van der Waals surface area contributed by atoms with E-state index in [1.54, 1.807) is 0 Å². The summed E-state index contributed by atoms with van der Waals surface area (Å²) in [7, 11) is 0. The minimum Gasteiger partial charge on any atom is -0.485 e. The molecule has 0 saturated heterocycles. The molecular formula is C16H17BrFNO. The van der Waals surface area contributed by atoms with Crippen molar-refractivity contribution >= 4 is 15.9 Å². The molecule has 0 bridgehead atoms. The van der Waals surface area contributed by atoms with Crippen LogP contribution in [-0.4, -0.2) is 6.04 Å². The Balaban J connectivity index is 2.12. The lowest BCUT2D eigenvalue weighted by Gasteiger charge is -2.12. The van der Waals surface area contributed by atoms with E-state index >= 15 is 0 Å². The van der Waals surface area contributed by atoms with Gasteiger partial charge in [-0.3, -0.25) is 0 Å². The molecule has 0 heterocycles. The van der Waals surface area contributed by atoms with E-state index in [-0.39, 0.29) is 17.6 Å². The van der Waals surface area contributed by atoms with Crippen molar-refractivity contribution in [3.05, 3.63) is 63.9 Å². The highest BCUT2D eigenvalue weighted by molar-refractivity contribution is 9.10. The summed E-state index contributed by atoms with van der Waals surface area (Å²) in [6.45, 7) is 2.23. The van der Waals surface area contributed by atoms with Crippen LogP contribution in [0.5, 0.6) is 5.75 Å². The van der Waals surface area contributed by atoms with Crippen LogP contribution in [-0.2, 0) is 13.0 Å². The number of halogens is 2. The molecule has 0 aromatic heterocycles. The van der Waals surface area contributed by atoms with Crippen LogP contribution in [0.2, 0.25) is 0 Å². The van der Waals surface area contributed by atoms with E-state index < -0.39 is 0 Å². The zero-order valence-corrected chi connectivity index (χ0v) is 12.9. The maximum absolute atomic E-state index is 14.1. The van der Waals surface area contributed by atoms with E-state index in [1.165, 1.54) is 6.07 Å². The molecule has 106 valence electrons. The second kappa shape index (κ2) is 6.86. The van der Waals surface area contributed by atoms with Gasteiger partial charge in [0, 0.05) is 6.04 Å². The fraction of sp³-hybridized carbons (Fsp3) is 0.250. The quantitative estimate of drug-likeness (QED) is 0.892. The number of hydrogen-bond acceptors (Lipinski definition) is 2. The molecule has 4 heteroatoms. The second-order valence-electron chi connectivity index (χ2n) is 4.84. The van der Waals surface area contributed by atoms with Gasteiger partial charge in [-0.15, -0.1) is 0 Å². The molecule has 0 spiro atoms. The van der Waals surface area contributed by atoms with Gasteiger partial charge in [0.15, 0.2) is 11.6 Å². The first-order chi connectivity index (χ1) is 9.56. The van der Waals surface area contributed by atoms with Crippen molar-refractivity contribution in [2.45, 2.75) is 26.0 Å². The first-order valence-corrected chi connectivity index (χ1v) is 7.26. The summed E-state index contributed by atoms with van der Waals surface area (Å²) < 4.78 is 20.2. The van der Waals surface area contributed by atoms with Gasteiger partial charge in [0.2, 0.25) is 0 Å². The smallest absolute Gasteiger partial charge is 0.169 e. The van der Waals surface area contributed by atoms with E-state index in [0.29, 0.717) is 17.5 Å². The molecule has 1 unspecified atom stereocenters. The average molecular weight is 338 g/mol. The Bertz CT molecular complexity index is 549. The van der Waals surface area contributed by atoms with E-state index in [4.69, 9.17) is 10.5 Å². The van der Waals surface area contributed by atoms with Crippen molar-refractivity contribution in [1.29, 1.82) is 0 Å². The Hall–Kier alpha value is -1.39. The van der Waals surface area contributed by atoms with Gasteiger partial charge in [-0.1, -0.05) is 30.3 Å². The van der Waals surface area contributed by atoms with E-state index in [9.17, 15) is 4.39 Å². The van der Waals surface area contributed by atoms with E-state index in [0.717, 1.165) is 11.1 Å². The highest BCUT2D eigenvalue weighted by Gasteiger charge is 2.12. The number of ether oxygens (including phenoxy) is 1. The summed E-state index contributed by atoms with van der Waals surface area (Å²) in [6, 6.07) is 13.0. The summed E-state index contributed by atoms with van der Waals surface area (Å²) in [5.74, 6) is -0.131.